The zero-order valence-electron chi connectivity index (χ0n) is 19.9. The van der Waals surface area contributed by atoms with Gasteiger partial charge in [0.25, 0.3) is 0 Å². The molecule has 0 aromatic carbocycles. The van der Waals surface area contributed by atoms with E-state index in [1.54, 1.807) is 0 Å². The monoisotopic (exact) mass is 430 g/mol. The molecule has 0 saturated heterocycles. The van der Waals surface area contributed by atoms with Crippen molar-refractivity contribution in [2.75, 3.05) is 40.6 Å². The average Bonchev–Trinajstić information content (AvgIpc) is 2.74. The van der Waals surface area contributed by atoms with E-state index < -0.39 is 0 Å². The number of hydrogen-bond donors (Lipinski definition) is 0. The van der Waals surface area contributed by atoms with E-state index >= 15 is 0 Å². The highest BCUT2D eigenvalue weighted by atomic mass is 16.5. The first-order valence-electron chi connectivity index (χ1n) is 11.8. The van der Waals surface area contributed by atoms with Gasteiger partial charge < -0.3 is 18.9 Å². The number of methoxy groups -OCH3 is 2. The van der Waals surface area contributed by atoms with Crippen molar-refractivity contribution in [3.05, 3.63) is 0 Å². The third-order valence-corrected chi connectivity index (χ3v) is 5.15. The zero-order chi connectivity index (χ0) is 22.5. The molecule has 0 aliphatic rings. The van der Waals surface area contributed by atoms with Crippen LogP contribution in [0.3, 0.4) is 0 Å². The summed E-state index contributed by atoms with van der Waals surface area (Å²) in [4.78, 5) is 22.1. The SMILES string of the molecule is COC(=O)CCCCCCOCC(CCC(C)C)COCCCCCCC(=O)OC. The number of hydrogen-bond acceptors (Lipinski definition) is 6. The summed E-state index contributed by atoms with van der Waals surface area (Å²) in [5.41, 5.74) is 0. The molecule has 0 bridgehead atoms. The number of unbranched alkanes of at least 4 members (excludes halogenated alkanes) is 6. The summed E-state index contributed by atoms with van der Waals surface area (Å²) in [7, 11) is 2.87. The fourth-order valence-electron chi connectivity index (χ4n) is 3.14. The lowest BCUT2D eigenvalue weighted by Crippen LogP contribution is -2.18. The number of rotatable bonds is 21. The molecule has 0 rings (SSSR count). The van der Waals surface area contributed by atoms with Crippen molar-refractivity contribution in [3.63, 3.8) is 0 Å². The molecule has 30 heavy (non-hydrogen) atoms. The smallest absolute Gasteiger partial charge is 0.305 e. The van der Waals surface area contributed by atoms with Gasteiger partial charge in [-0.2, -0.15) is 0 Å². The predicted octanol–water partition coefficient (Wildman–Crippen LogP) is 5.32. The summed E-state index contributed by atoms with van der Waals surface area (Å²) in [5.74, 6) is 0.893. The Balaban J connectivity index is 3.75. The minimum atomic E-state index is -0.125. The number of carbonyl (C=O) groups is 2. The molecule has 0 amide bonds. The maximum Gasteiger partial charge on any atom is 0.305 e. The second-order valence-electron chi connectivity index (χ2n) is 8.47. The van der Waals surface area contributed by atoms with Crippen LogP contribution in [0.5, 0.6) is 0 Å². The van der Waals surface area contributed by atoms with Crippen molar-refractivity contribution in [1.82, 2.24) is 0 Å². The standard InChI is InChI=1S/C24H46O6/c1-21(2)15-16-22(19-29-17-11-7-5-9-13-23(25)27-3)20-30-18-12-8-6-10-14-24(26)28-4/h21-22H,5-20H2,1-4H3. The van der Waals surface area contributed by atoms with E-state index in [9.17, 15) is 9.59 Å². The maximum absolute atomic E-state index is 11.1. The lowest BCUT2D eigenvalue weighted by Gasteiger charge is -2.18. The van der Waals surface area contributed by atoms with Crippen LogP contribution in [-0.2, 0) is 28.5 Å². The molecule has 0 unspecified atom stereocenters. The lowest BCUT2D eigenvalue weighted by molar-refractivity contribution is -0.141. The van der Waals surface area contributed by atoms with Crippen LogP contribution in [-0.4, -0.2) is 52.6 Å². The molecule has 0 radical (unpaired) electrons. The van der Waals surface area contributed by atoms with Crippen LogP contribution in [0.1, 0.15) is 90.9 Å². The summed E-state index contributed by atoms with van der Waals surface area (Å²) in [6, 6.07) is 0. The highest BCUT2D eigenvalue weighted by Gasteiger charge is 2.11. The van der Waals surface area contributed by atoms with Crippen molar-refractivity contribution in [2.45, 2.75) is 90.9 Å². The van der Waals surface area contributed by atoms with E-state index in [2.05, 4.69) is 23.3 Å². The molecule has 0 spiro atoms. The quantitative estimate of drug-likeness (QED) is 0.181. The molecule has 0 fully saturated rings. The van der Waals surface area contributed by atoms with Gasteiger partial charge in [0.2, 0.25) is 0 Å². The zero-order valence-corrected chi connectivity index (χ0v) is 19.9. The summed E-state index contributed by atoms with van der Waals surface area (Å²) >= 11 is 0. The molecule has 6 nitrogen and oxygen atoms in total. The highest BCUT2D eigenvalue weighted by molar-refractivity contribution is 5.69. The molecule has 0 N–H and O–H groups in total. The van der Waals surface area contributed by atoms with Gasteiger partial charge in [-0.1, -0.05) is 46.0 Å². The minimum absolute atomic E-state index is 0.125. The van der Waals surface area contributed by atoms with Crippen LogP contribution in [0, 0.1) is 11.8 Å². The van der Waals surface area contributed by atoms with Crippen molar-refractivity contribution in [1.29, 1.82) is 0 Å². The van der Waals surface area contributed by atoms with Crippen molar-refractivity contribution >= 4 is 11.9 Å². The number of ether oxygens (including phenoxy) is 4. The predicted molar refractivity (Wildman–Crippen MR) is 119 cm³/mol. The second kappa shape index (κ2) is 21.1. The molecule has 0 aromatic heterocycles. The minimum Gasteiger partial charge on any atom is -0.469 e. The Hall–Kier alpha value is -1.14. The summed E-state index contributed by atoms with van der Waals surface area (Å²) in [6.45, 7) is 7.57. The van der Waals surface area contributed by atoms with Gasteiger partial charge in [-0.05, 0) is 38.0 Å². The van der Waals surface area contributed by atoms with Crippen molar-refractivity contribution < 1.29 is 28.5 Å². The Bertz CT molecular complexity index is 379. The molecule has 178 valence electrons. The largest absolute Gasteiger partial charge is 0.469 e. The summed E-state index contributed by atoms with van der Waals surface area (Å²) in [5, 5.41) is 0. The number of esters is 2. The van der Waals surface area contributed by atoms with Gasteiger partial charge in [0.05, 0.1) is 27.4 Å². The molecule has 0 aliphatic heterocycles. The third-order valence-electron chi connectivity index (χ3n) is 5.15. The van der Waals surface area contributed by atoms with Gasteiger partial charge in [0.1, 0.15) is 0 Å². The Labute approximate surface area is 184 Å². The van der Waals surface area contributed by atoms with Crippen LogP contribution < -0.4 is 0 Å². The van der Waals surface area contributed by atoms with Crippen LogP contribution in [0.15, 0.2) is 0 Å². The van der Waals surface area contributed by atoms with Gasteiger partial charge in [0, 0.05) is 32.0 Å². The third kappa shape index (κ3) is 20.1. The van der Waals surface area contributed by atoms with E-state index in [0.29, 0.717) is 24.7 Å². The van der Waals surface area contributed by atoms with Gasteiger partial charge in [0.15, 0.2) is 0 Å². The molecular formula is C24H46O6. The summed E-state index contributed by atoms with van der Waals surface area (Å²) in [6.07, 6.45) is 11.4. The fraction of sp³-hybridized carbons (Fsp3) is 0.917. The van der Waals surface area contributed by atoms with Gasteiger partial charge in [-0.15, -0.1) is 0 Å². The first kappa shape index (κ1) is 28.9. The highest BCUT2D eigenvalue weighted by Crippen LogP contribution is 2.14. The fourth-order valence-corrected chi connectivity index (χ4v) is 3.14. The van der Waals surface area contributed by atoms with E-state index in [1.807, 2.05) is 0 Å². The van der Waals surface area contributed by atoms with Gasteiger partial charge in [-0.25, -0.2) is 0 Å². The average molecular weight is 431 g/mol. The number of carbonyl (C=O) groups excluding carboxylic acids is 2. The van der Waals surface area contributed by atoms with Crippen LogP contribution >= 0.6 is 0 Å². The van der Waals surface area contributed by atoms with Crippen LogP contribution in [0.2, 0.25) is 0 Å². The molecular weight excluding hydrogens is 384 g/mol. The molecule has 0 aromatic rings. The Morgan fingerprint density at radius 1 is 0.633 bits per heavy atom. The van der Waals surface area contributed by atoms with E-state index in [1.165, 1.54) is 20.6 Å². The first-order chi connectivity index (χ1) is 14.5. The summed E-state index contributed by atoms with van der Waals surface area (Å²) < 4.78 is 21.1. The van der Waals surface area contributed by atoms with E-state index in [-0.39, 0.29) is 11.9 Å². The Morgan fingerprint density at radius 3 is 1.47 bits per heavy atom. The molecule has 6 heteroatoms. The van der Waals surface area contributed by atoms with E-state index in [0.717, 1.165) is 84.2 Å². The van der Waals surface area contributed by atoms with Gasteiger partial charge >= 0.3 is 11.9 Å². The molecule has 0 heterocycles. The van der Waals surface area contributed by atoms with Crippen molar-refractivity contribution in [3.8, 4) is 0 Å². The van der Waals surface area contributed by atoms with Crippen molar-refractivity contribution in [2.24, 2.45) is 11.8 Å². The van der Waals surface area contributed by atoms with Gasteiger partial charge in [-0.3, -0.25) is 9.59 Å². The molecule has 0 atom stereocenters. The normalized spacial score (nSPS) is 11.3. The molecule has 0 saturated carbocycles. The maximum atomic E-state index is 11.1. The first-order valence-corrected chi connectivity index (χ1v) is 11.8. The van der Waals surface area contributed by atoms with E-state index in [4.69, 9.17) is 9.47 Å². The topological polar surface area (TPSA) is 71.1 Å². The lowest BCUT2D eigenvalue weighted by atomic mass is 9.99. The molecule has 0 aliphatic carbocycles. The van der Waals surface area contributed by atoms with Crippen LogP contribution in [0.4, 0.5) is 0 Å². The Kier molecular flexibility index (Phi) is 20.3. The second-order valence-corrected chi connectivity index (χ2v) is 8.47. The van der Waals surface area contributed by atoms with Crippen LogP contribution in [0.25, 0.3) is 0 Å². The Morgan fingerprint density at radius 2 is 1.07 bits per heavy atom.